The zero-order chi connectivity index (χ0) is 18.9. The predicted molar refractivity (Wildman–Crippen MR) is 109 cm³/mol. The zero-order valence-electron chi connectivity index (χ0n) is 14.9. The molecule has 0 aliphatic carbocycles. The fourth-order valence-electron chi connectivity index (χ4n) is 3.37. The van der Waals surface area contributed by atoms with Crippen molar-refractivity contribution in [1.82, 2.24) is 4.98 Å². The van der Waals surface area contributed by atoms with Crippen molar-refractivity contribution in [3.63, 3.8) is 0 Å². The monoisotopic (exact) mass is 368 g/mol. The smallest absolute Gasteiger partial charge is 0.348 e. The maximum absolute atomic E-state index is 12.8. The van der Waals surface area contributed by atoms with Crippen molar-refractivity contribution >= 4 is 27.8 Å². The molecule has 0 unspecified atom stereocenters. The summed E-state index contributed by atoms with van der Waals surface area (Å²) in [6.45, 7) is 0.559. The molecule has 0 bridgehead atoms. The first-order valence-electron chi connectivity index (χ1n) is 8.99. The predicted octanol–water partition coefficient (Wildman–Crippen LogP) is 5.21. The molecule has 2 aromatic carbocycles. The minimum atomic E-state index is -0.439. The van der Waals surface area contributed by atoms with Crippen molar-refractivity contribution in [2.45, 2.75) is 6.54 Å². The third-order valence-electron chi connectivity index (χ3n) is 4.66. The van der Waals surface area contributed by atoms with Crippen LogP contribution in [-0.2, 0) is 6.54 Å². The maximum Gasteiger partial charge on any atom is 0.348 e. The number of hydrogen-bond acceptors (Lipinski definition) is 5. The molecule has 3 heterocycles. The highest BCUT2D eigenvalue weighted by atomic mass is 16.4. The Morgan fingerprint density at radius 1 is 0.857 bits per heavy atom. The topological polar surface area (TPSA) is 68.3 Å². The quantitative estimate of drug-likeness (QED) is 0.441. The van der Waals surface area contributed by atoms with E-state index in [1.807, 2.05) is 66.7 Å². The number of pyridine rings is 1. The molecule has 0 radical (unpaired) electrons. The summed E-state index contributed by atoms with van der Waals surface area (Å²) in [5.41, 5.74) is 2.93. The van der Waals surface area contributed by atoms with Gasteiger partial charge in [0.05, 0.1) is 16.6 Å². The summed E-state index contributed by atoms with van der Waals surface area (Å²) < 4.78 is 11.7. The second-order valence-electron chi connectivity index (χ2n) is 6.45. The van der Waals surface area contributed by atoms with Crippen molar-refractivity contribution in [3.05, 3.63) is 95.0 Å². The first-order valence-corrected chi connectivity index (χ1v) is 8.99. The van der Waals surface area contributed by atoms with Crippen LogP contribution in [0.4, 0.5) is 5.88 Å². The molecule has 5 nitrogen and oxygen atoms in total. The molecule has 5 rings (SSSR count). The van der Waals surface area contributed by atoms with E-state index in [1.165, 1.54) is 0 Å². The Labute approximate surface area is 160 Å². The van der Waals surface area contributed by atoms with Crippen LogP contribution in [0.1, 0.15) is 5.56 Å². The van der Waals surface area contributed by atoms with Crippen molar-refractivity contribution in [3.8, 4) is 11.3 Å². The molecule has 5 heteroatoms. The number of nitrogens with one attached hydrogen (secondary N) is 1. The lowest BCUT2D eigenvalue weighted by Gasteiger charge is -2.06. The number of anilines is 1. The number of fused-ring (bicyclic) bond motifs is 3. The molecule has 0 aliphatic heterocycles. The van der Waals surface area contributed by atoms with Gasteiger partial charge in [0.15, 0.2) is 5.58 Å². The van der Waals surface area contributed by atoms with Gasteiger partial charge in [0.1, 0.15) is 11.0 Å². The van der Waals surface area contributed by atoms with Gasteiger partial charge in [0, 0.05) is 12.7 Å². The third kappa shape index (κ3) is 2.74. The Balaban J connectivity index is 1.75. The van der Waals surface area contributed by atoms with E-state index in [4.69, 9.17) is 8.83 Å². The second-order valence-corrected chi connectivity index (χ2v) is 6.45. The molecule has 0 amide bonds. The number of hydrogen-bond donors (Lipinski definition) is 1. The normalized spacial score (nSPS) is 11.1. The van der Waals surface area contributed by atoms with Crippen LogP contribution < -0.4 is 10.9 Å². The SMILES string of the molecule is O=c1oc2ccccc2c2oc(NCc3ccccc3)c(-c3ccccn3)c12. The molecule has 0 aliphatic rings. The molecule has 0 atom stereocenters. The van der Waals surface area contributed by atoms with Crippen molar-refractivity contribution in [2.75, 3.05) is 5.32 Å². The Morgan fingerprint density at radius 3 is 2.46 bits per heavy atom. The van der Waals surface area contributed by atoms with Gasteiger partial charge < -0.3 is 14.2 Å². The van der Waals surface area contributed by atoms with E-state index in [2.05, 4.69) is 10.3 Å². The molecule has 0 saturated carbocycles. The fraction of sp³-hybridized carbons (Fsp3) is 0.0435. The largest absolute Gasteiger partial charge is 0.439 e. The van der Waals surface area contributed by atoms with Gasteiger partial charge in [-0.1, -0.05) is 48.5 Å². The fourth-order valence-corrected chi connectivity index (χ4v) is 3.37. The minimum Gasteiger partial charge on any atom is -0.439 e. The van der Waals surface area contributed by atoms with E-state index in [1.54, 1.807) is 12.3 Å². The third-order valence-corrected chi connectivity index (χ3v) is 4.66. The van der Waals surface area contributed by atoms with Crippen molar-refractivity contribution < 1.29 is 8.83 Å². The van der Waals surface area contributed by atoms with Crippen LogP contribution in [0.15, 0.2) is 92.6 Å². The van der Waals surface area contributed by atoms with Crippen LogP contribution in [0, 0.1) is 0 Å². The molecular weight excluding hydrogens is 352 g/mol. The van der Waals surface area contributed by atoms with Gasteiger partial charge in [0.25, 0.3) is 0 Å². The Bertz CT molecular complexity index is 1320. The van der Waals surface area contributed by atoms with E-state index in [-0.39, 0.29) is 0 Å². The van der Waals surface area contributed by atoms with E-state index >= 15 is 0 Å². The summed E-state index contributed by atoms with van der Waals surface area (Å²) in [4.78, 5) is 17.2. The summed E-state index contributed by atoms with van der Waals surface area (Å²) >= 11 is 0. The summed E-state index contributed by atoms with van der Waals surface area (Å²) in [5, 5.41) is 4.47. The highest BCUT2D eigenvalue weighted by Gasteiger charge is 2.23. The molecular formula is C23H16N2O3. The highest BCUT2D eigenvalue weighted by Crippen LogP contribution is 2.38. The number of furan rings is 1. The van der Waals surface area contributed by atoms with Crippen LogP contribution in [0.2, 0.25) is 0 Å². The Kier molecular flexibility index (Phi) is 3.91. The van der Waals surface area contributed by atoms with Gasteiger partial charge in [-0.2, -0.15) is 0 Å². The lowest BCUT2D eigenvalue weighted by Crippen LogP contribution is -2.02. The first kappa shape index (κ1) is 16.3. The van der Waals surface area contributed by atoms with Crippen molar-refractivity contribution in [1.29, 1.82) is 0 Å². The summed E-state index contributed by atoms with van der Waals surface area (Å²) in [7, 11) is 0. The zero-order valence-corrected chi connectivity index (χ0v) is 14.9. The number of benzene rings is 2. The number of nitrogens with zero attached hydrogens (tertiary/aromatic N) is 1. The number of aromatic nitrogens is 1. The van der Waals surface area contributed by atoms with Crippen LogP contribution in [0.25, 0.3) is 33.2 Å². The summed E-state index contributed by atoms with van der Waals surface area (Å²) in [6, 6.07) is 22.9. The molecule has 0 spiro atoms. The molecule has 1 N–H and O–H groups in total. The lowest BCUT2D eigenvalue weighted by molar-refractivity contribution is 0.565. The van der Waals surface area contributed by atoms with E-state index in [0.717, 1.165) is 10.9 Å². The van der Waals surface area contributed by atoms with Gasteiger partial charge in [-0.3, -0.25) is 4.98 Å². The first-order chi connectivity index (χ1) is 13.8. The molecule has 0 saturated heterocycles. The van der Waals surface area contributed by atoms with Gasteiger partial charge in [-0.15, -0.1) is 0 Å². The molecule has 3 aromatic heterocycles. The van der Waals surface area contributed by atoms with Gasteiger partial charge in [0.2, 0.25) is 5.88 Å². The molecule has 136 valence electrons. The van der Waals surface area contributed by atoms with Gasteiger partial charge >= 0.3 is 5.63 Å². The van der Waals surface area contributed by atoms with E-state index < -0.39 is 5.63 Å². The van der Waals surface area contributed by atoms with Gasteiger partial charge in [-0.25, -0.2) is 4.79 Å². The summed E-state index contributed by atoms with van der Waals surface area (Å²) in [5.74, 6) is 0.501. The Hall–Kier alpha value is -3.86. The minimum absolute atomic E-state index is 0.396. The van der Waals surface area contributed by atoms with Crippen LogP contribution in [-0.4, -0.2) is 4.98 Å². The average molecular weight is 368 g/mol. The van der Waals surface area contributed by atoms with Gasteiger partial charge in [-0.05, 0) is 29.8 Å². The van der Waals surface area contributed by atoms with E-state index in [0.29, 0.717) is 40.2 Å². The van der Waals surface area contributed by atoms with E-state index in [9.17, 15) is 4.79 Å². The highest BCUT2D eigenvalue weighted by molar-refractivity contribution is 6.09. The van der Waals surface area contributed by atoms with Crippen LogP contribution >= 0.6 is 0 Å². The average Bonchev–Trinajstić information content (AvgIpc) is 3.14. The number of para-hydroxylation sites is 1. The maximum atomic E-state index is 12.8. The molecule has 0 fully saturated rings. The van der Waals surface area contributed by atoms with Crippen LogP contribution in [0.5, 0.6) is 0 Å². The lowest BCUT2D eigenvalue weighted by atomic mass is 10.1. The number of rotatable bonds is 4. The second kappa shape index (κ2) is 6.70. The Morgan fingerprint density at radius 2 is 1.64 bits per heavy atom. The summed E-state index contributed by atoms with van der Waals surface area (Å²) in [6.07, 6.45) is 1.69. The van der Waals surface area contributed by atoms with Crippen LogP contribution in [0.3, 0.4) is 0 Å². The van der Waals surface area contributed by atoms with Crippen molar-refractivity contribution in [2.24, 2.45) is 0 Å². The molecule has 28 heavy (non-hydrogen) atoms. The molecule has 5 aromatic rings. The standard InChI is InChI=1S/C23H16N2O3/c26-23-20-19(17-11-6-7-13-24-17)22(25-14-15-8-2-1-3-9-15)28-21(20)16-10-4-5-12-18(16)27-23/h1-13,25H,14H2.